The van der Waals surface area contributed by atoms with Crippen LogP contribution in [0.25, 0.3) is 0 Å². The van der Waals surface area contributed by atoms with Gasteiger partial charge in [-0.15, -0.1) is 0 Å². The van der Waals surface area contributed by atoms with Gasteiger partial charge < -0.3 is 9.64 Å². The van der Waals surface area contributed by atoms with E-state index in [0.29, 0.717) is 18.4 Å². The molecule has 0 bridgehead atoms. The van der Waals surface area contributed by atoms with Crippen molar-refractivity contribution in [3.63, 3.8) is 0 Å². The fourth-order valence-electron chi connectivity index (χ4n) is 3.01. The maximum atomic E-state index is 12.8. The van der Waals surface area contributed by atoms with Crippen molar-refractivity contribution in [1.29, 1.82) is 0 Å². The van der Waals surface area contributed by atoms with Crippen molar-refractivity contribution >= 4 is 5.91 Å². The molecule has 0 spiro atoms. The second-order valence-electron chi connectivity index (χ2n) is 6.67. The number of rotatable bonds is 8. The summed E-state index contributed by atoms with van der Waals surface area (Å²) in [6.07, 6.45) is 3.16. The second-order valence-corrected chi connectivity index (χ2v) is 6.67. The lowest BCUT2D eigenvalue weighted by Gasteiger charge is -2.35. The van der Waals surface area contributed by atoms with Crippen LogP contribution in [0.1, 0.15) is 53.9 Å². The van der Waals surface area contributed by atoms with Gasteiger partial charge in [-0.05, 0) is 24.7 Å². The molecule has 0 aromatic heterocycles. The van der Waals surface area contributed by atoms with Gasteiger partial charge in [0.1, 0.15) is 0 Å². The first kappa shape index (κ1) is 17.4. The summed E-state index contributed by atoms with van der Waals surface area (Å²) in [6, 6.07) is 0.137. The first-order valence-electron chi connectivity index (χ1n) is 7.99. The Morgan fingerprint density at radius 3 is 2.40 bits per heavy atom. The van der Waals surface area contributed by atoms with E-state index >= 15 is 0 Å². The van der Waals surface area contributed by atoms with E-state index in [2.05, 4.69) is 44.8 Å². The Balaban J connectivity index is 2.89. The van der Waals surface area contributed by atoms with Crippen LogP contribution in [0.2, 0.25) is 0 Å². The van der Waals surface area contributed by atoms with Crippen LogP contribution < -0.4 is 5.32 Å². The molecule has 1 N–H and O–H groups in total. The number of carbonyl (C=O) groups excluding carboxylic acids is 1. The van der Waals surface area contributed by atoms with Gasteiger partial charge in [-0.2, -0.15) is 0 Å². The maximum absolute atomic E-state index is 12.8. The van der Waals surface area contributed by atoms with Crippen LogP contribution in [-0.2, 0) is 9.53 Å². The molecule has 1 rings (SSSR count). The molecule has 4 nitrogen and oxygen atoms in total. The Morgan fingerprint density at radius 1 is 1.30 bits per heavy atom. The van der Waals surface area contributed by atoms with Crippen LogP contribution in [0.5, 0.6) is 0 Å². The third kappa shape index (κ3) is 4.19. The minimum Gasteiger partial charge on any atom is -0.383 e. The molecule has 1 heterocycles. The normalized spacial score (nSPS) is 25.0. The molecule has 3 atom stereocenters. The van der Waals surface area contributed by atoms with Gasteiger partial charge in [0.25, 0.3) is 0 Å². The Labute approximate surface area is 124 Å². The number of ether oxygens (including phenoxy) is 1. The Morgan fingerprint density at radius 2 is 1.95 bits per heavy atom. The van der Waals surface area contributed by atoms with E-state index in [1.807, 2.05) is 0 Å². The van der Waals surface area contributed by atoms with Crippen LogP contribution in [-0.4, -0.2) is 42.8 Å². The van der Waals surface area contributed by atoms with E-state index in [0.717, 1.165) is 19.3 Å². The van der Waals surface area contributed by atoms with E-state index < -0.39 is 0 Å². The van der Waals surface area contributed by atoms with E-state index in [9.17, 15) is 4.79 Å². The standard InChI is InChI=1S/C16H32N2O2/c1-7-8-15-17-13(9-11(2)3)16(19)18(15)14(10-20-6)12(4)5/h11-15,17H,7-10H2,1-6H3. The fourth-order valence-corrected chi connectivity index (χ4v) is 3.01. The summed E-state index contributed by atoms with van der Waals surface area (Å²) in [5, 5.41) is 3.54. The smallest absolute Gasteiger partial charge is 0.241 e. The van der Waals surface area contributed by atoms with Gasteiger partial charge in [-0.1, -0.05) is 41.0 Å². The zero-order chi connectivity index (χ0) is 15.3. The summed E-state index contributed by atoms with van der Waals surface area (Å²) >= 11 is 0. The molecule has 0 saturated carbocycles. The van der Waals surface area contributed by atoms with Crippen LogP contribution in [0.3, 0.4) is 0 Å². The van der Waals surface area contributed by atoms with Crippen LogP contribution >= 0.6 is 0 Å². The van der Waals surface area contributed by atoms with Crippen molar-refractivity contribution in [2.24, 2.45) is 11.8 Å². The number of carbonyl (C=O) groups is 1. The van der Waals surface area contributed by atoms with Crippen LogP contribution in [0.15, 0.2) is 0 Å². The van der Waals surface area contributed by atoms with Gasteiger partial charge in [-0.3, -0.25) is 10.1 Å². The van der Waals surface area contributed by atoms with Crippen molar-refractivity contribution in [1.82, 2.24) is 10.2 Å². The van der Waals surface area contributed by atoms with Crippen molar-refractivity contribution in [3.8, 4) is 0 Å². The van der Waals surface area contributed by atoms with Crippen molar-refractivity contribution in [3.05, 3.63) is 0 Å². The molecule has 0 aromatic carbocycles. The molecule has 1 aliphatic heterocycles. The lowest BCUT2D eigenvalue weighted by Crippen LogP contribution is -2.49. The lowest BCUT2D eigenvalue weighted by molar-refractivity contribution is -0.135. The van der Waals surface area contributed by atoms with E-state index in [4.69, 9.17) is 4.74 Å². The molecule has 20 heavy (non-hydrogen) atoms. The molecular formula is C16H32N2O2. The summed E-state index contributed by atoms with van der Waals surface area (Å²) in [5.41, 5.74) is 0. The quantitative estimate of drug-likeness (QED) is 0.745. The summed E-state index contributed by atoms with van der Waals surface area (Å²) in [5.74, 6) is 1.18. The number of nitrogens with zero attached hydrogens (tertiary/aromatic N) is 1. The highest BCUT2D eigenvalue weighted by Gasteiger charge is 2.42. The molecule has 3 unspecified atom stereocenters. The Kier molecular flexibility index (Phi) is 6.96. The molecule has 4 heteroatoms. The Hall–Kier alpha value is -0.610. The zero-order valence-electron chi connectivity index (χ0n) is 14.0. The highest BCUT2D eigenvalue weighted by molar-refractivity contribution is 5.84. The Bertz CT molecular complexity index is 305. The topological polar surface area (TPSA) is 41.6 Å². The van der Waals surface area contributed by atoms with E-state index in [1.165, 1.54) is 0 Å². The predicted molar refractivity (Wildman–Crippen MR) is 82.4 cm³/mol. The third-order valence-electron chi connectivity index (χ3n) is 4.02. The molecule has 1 amide bonds. The van der Waals surface area contributed by atoms with Gasteiger partial charge in [-0.25, -0.2) is 0 Å². The first-order chi connectivity index (χ1) is 9.42. The number of amides is 1. The number of hydrogen-bond donors (Lipinski definition) is 1. The second kappa shape index (κ2) is 7.99. The monoisotopic (exact) mass is 284 g/mol. The van der Waals surface area contributed by atoms with Crippen LogP contribution in [0.4, 0.5) is 0 Å². The summed E-state index contributed by atoms with van der Waals surface area (Å²) in [6.45, 7) is 11.4. The lowest BCUT2D eigenvalue weighted by atomic mass is 10.0. The van der Waals surface area contributed by atoms with E-state index in [-0.39, 0.29) is 24.2 Å². The highest BCUT2D eigenvalue weighted by atomic mass is 16.5. The van der Waals surface area contributed by atoms with Gasteiger partial charge in [0.2, 0.25) is 5.91 Å². The largest absolute Gasteiger partial charge is 0.383 e. The number of hydrogen-bond acceptors (Lipinski definition) is 3. The van der Waals surface area contributed by atoms with Gasteiger partial charge in [0.05, 0.1) is 24.9 Å². The predicted octanol–water partition coefficient (Wildman–Crippen LogP) is 2.63. The fraction of sp³-hybridized carbons (Fsp3) is 0.938. The van der Waals surface area contributed by atoms with Gasteiger partial charge in [0.15, 0.2) is 0 Å². The first-order valence-corrected chi connectivity index (χ1v) is 7.99. The number of nitrogens with one attached hydrogen (secondary N) is 1. The maximum Gasteiger partial charge on any atom is 0.241 e. The molecule has 1 aliphatic rings. The zero-order valence-corrected chi connectivity index (χ0v) is 14.0. The van der Waals surface area contributed by atoms with Crippen molar-refractivity contribution in [2.75, 3.05) is 13.7 Å². The molecule has 0 aliphatic carbocycles. The summed E-state index contributed by atoms with van der Waals surface area (Å²) in [7, 11) is 1.71. The SMILES string of the molecule is CCCC1NC(CC(C)C)C(=O)N1C(COC)C(C)C. The van der Waals surface area contributed by atoms with Crippen molar-refractivity contribution < 1.29 is 9.53 Å². The highest BCUT2D eigenvalue weighted by Crippen LogP contribution is 2.25. The number of methoxy groups -OCH3 is 1. The minimum atomic E-state index is -0.0235. The van der Waals surface area contributed by atoms with E-state index in [1.54, 1.807) is 7.11 Å². The molecule has 1 fully saturated rings. The average molecular weight is 284 g/mol. The van der Waals surface area contributed by atoms with Gasteiger partial charge in [0, 0.05) is 7.11 Å². The molecule has 118 valence electrons. The molecular weight excluding hydrogens is 252 g/mol. The molecule has 0 aromatic rings. The third-order valence-corrected chi connectivity index (χ3v) is 4.02. The van der Waals surface area contributed by atoms with Gasteiger partial charge >= 0.3 is 0 Å². The average Bonchev–Trinajstić information content (AvgIpc) is 2.63. The summed E-state index contributed by atoms with van der Waals surface area (Å²) in [4.78, 5) is 14.8. The molecule has 0 radical (unpaired) electrons. The summed E-state index contributed by atoms with van der Waals surface area (Å²) < 4.78 is 5.35. The van der Waals surface area contributed by atoms with Crippen molar-refractivity contribution in [2.45, 2.75) is 72.1 Å². The molecule has 1 saturated heterocycles. The minimum absolute atomic E-state index is 0.0235. The van der Waals surface area contributed by atoms with Crippen LogP contribution in [0, 0.1) is 11.8 Å².